The number of pyridine rings is 1. The smallest absolute Gasteiger partial charge is 0.269 e. The number of aryl methyl sites for hydroxylation is 2. The molecule has 8 heteroatoms. The van der Waals surface area contributed by atoms with Gasteiger partial charge in [-0.15, -0.1) is 0 Å². The van der Waals surface area contributed by atoms with Crippen LogP contribution in [0.15, 0.2) is 71.9 Å². The van der Waals surface area contributed by atoms with Crippen LogP contribution in [-0.2, 0) is 17.1 Å². The largest absolute Gasteiger partial charge is 0.497 e. The van der Waals surface area contributed by atoms with E-state index < -0.39 is 10.0 Å². The van der Waals surface area contributed by atoms with Crippen molar-refractivity contribution < 1.29 is 13.2 Å². The molecule has 0 saturated carbocycles. The SMILES string of the molecule is COc1ccc(-c2cc3c4c(cnc3n2S(=O)(=O)c2ccc(C)cc2)cnn4C)cc1. The molecule has 0 unspecified atom stereocenters. The number of benzene rings is 2. The molecule has 0 radical (unpaired) electrons. The van der Waals surface area contributed by atoms with Crippen LogP contribution in [0.25, 0.3) is 33.2 Å². The van der Waals surface area contributed by atoms with Crippen molar-refractivity contribution in [3.63, 3.8) is 0 Å². The molecule has 0 bridgehead atoms. The molecular formula is C23H20N4O3S. The highest BCUT2D eigenvalue weighted by atomic mass is 32.2. The zero-order valence-electron chi connectivity index (χ0n) is 17.3. The van der Waals surface area contributed by atoms with Crippen molar-refractivity contribution in [3.8, 4) is 17.0 Å². The molecule has 0 fully saturated rings. The van der Waals surface area contributed by atoms with Crippen molar-refractivity contribution >= 4 is 32.0 Å². The average molecular weight is 433 g/mol. The third kappa shape index (κ3) is 2.98. The molecule has 5 aromatic rings. The van der Waals surface area contributed by atoms with E-state index in [2.05, 4.69) is 10.1 Å². The molecule has 0 spiro atoms. The second-order valence-corrected chi connectivity index (χ2v) is 9.19. The second kappa shape index (κ2) is 6.95. The first kappa shape index (κ1) is 19.3. The summed E-state index contributed by atoms with van der Waals surface area (Å²) in [6, 6.07) is 16.0. The number of ether oxygens (including phenoxy) is 1. The number of methoxy groups -OCH3 is 1. The first-order chi connectivity index (χ1) is 14.9. The molecule has 31 heavy (non-hydrogen) atoms. The van der Waals surface area contributed by atoms with Crippen LogP contribution in [-0.4, -0.2) is 34.3 Å². The van der Waals surface area contributed by atoms with Gasteiger partial charge in [0.1, 0.15) is 5.75 Å². The molecular weight excluding hydrogens is 412 g/mol. The summed E-state index contributed by atoms with van der Waals surface area (Å²) in [5.74, 6) is 0.694. The predicted octanol–water partition coefficient (Wildman–Crippen LogP) is 4.14. The Morgan fingerprint density at radius 1 is 0.968 bits per heavy atom. The summed E-state index contributed by atoms with van der Waals surface area (Å²) in [6.45, 7) is 1.92. The third-order valence-corrected chi connectivity index (χ3v) is 7.14. The lowest BCUT2D eigenvalue weighted by Gasteiger charge is -2.12. The lowest BCUT2D eigenvalue weighted by molar-refractivity contribution is 0.415. The quantitative estimate of drug-likeness (QED) is 0.426. The molecule has 0 saturated heterocycles. The summed E-state index contributed by atoms with van der Waals surface area (Å²) in [5.41, 5.74) is 3.45. The molecule has 7 nitrogen and oxygen atoms in total. The molecule has 0 aliphatic heterocycles. The van der Waals surface area contributed by atoms with Gasteiger partial charge >= 0.3 is 0 Å². The fourth-order valence-corrected chi connectivity index (χ4v) is 5.29. The number of hydrogen-bond donors (Lipinski definition) is 0. The van der Waals surface area contributed by atoms with Gasteiger partial charge in [0.05, 0.1) is 29.4 Å². The van der Waals surface area contributed by atoms with Crippen LogP contribution < -0.4 is 4.74 Å². The normalized spacial score (nSPS) is 12.0. The van der Waals surface area contributed by atoms with Crippen molar-refractivity contribution in [1.82, 2.24) is 18.7 Å². The van der Waals surface area contributed by atoms with Crippen molar-refractivity contribution in [3.05, 3.63) is 72.6 Å². The Labute approximate surface area is 179 Å². The lowest BCUT2D eigenvalue weighted by atomic mass is 10.1. The van der Waals surface area contributed by atoms with Gasteiger partial charge in [0.2, 0.25) is 0 Å². The molecule has 0 atom stereocenters. The van der Waals surface area contributed by atoms with Crippen LogP contribution in [0.4, 0.5) is 0 Å². The highest BCUT2D eigenvalue weighted by Gasteiger charge is 2.26. The number of nitrogens with zero attached hydrogens (tertiary/aromatic N) is 4. The summed E-state index contributed by atoms with van der Waals surface area (Å²) in [4.78, 5) is 4.72. The maximum Gasteiger partial charge on any atom is 0.269 e. The maximum atomic E-state index is 13.8. The fraction of sp³-hybridized carbons (Fsp3) is 0.130. The number of aromatic nitrogens is 4. The minimum Gasteiger partial charge on any atom is -0.497 e. The van der Waals surface area contributed by atoms with E-state index in [1.165, 1.54) is 3.97 Å². The fourth-order valence-electron chi connectivity index (χ4n) is 3.81. The van der Waals surface area contributed by atoms with Crippen LogP contribution in [0.2, 0.25) is 0 Å². The van der Waals surface area contributed by atoms with Crippen molar-refractivity contribution in [2.24, 2.45) is 7.05 Å². The number of fused-ring (bicyclic) bond motifs is 3. The van der Waals surface area contributed by atoms with Gasteiger partial charge in [-0.1, -0.05) is 17.7 Å². The minimum absolute atomic E-state index is 0.206. The molecule has 5 rings (SSSR count). The first-order valence-corrected chi connectivity index (χ1v) is 11.1. The molecule has 0 aliphatic carbocycles. The number of rotatable bonds is 4. The van der Waals surface area contributed by atoms with Gasteiger partial charge < -0.3 is 4.74 Å². The lowest BCUT2D eigenvalue weighted by Crippen LogP contribution is -2.14. The highest BCUT2D eigenvalue weighted by Crippen LogP contribution is 2.35. The van der Waals surface area contributed by atoms with Crippen LogP contribution in [0, 0.1) is 6.92 Å². The Bertz CT molecular complexity index is 1530. The van der Waals surface area contributed by atoms with E-state index in [-0.39, 0.29) is 4.90 Å². The molecule has 0 amide bonds. The van der Waals surface area contributed by atoms with Gasteiger partial charge in [-0.2, -0.15) is 5.10 Å². The maximum absolute atomic E-state index is 13.8. The van der Waals surface area contributed by atoms with Crippen LogP contribution in [0.3, 0.4) is 0 Å². The second-order valence-electron chi connectivity index (χ2n) is 7.41. The van der Waals surface area contributed by atoms with Gasteiger partial charge in [0.15, 0.2) is 5.65 Å². The van der Waals surface area contributed by atoms with Crippen LogP contribution in [0.1, 0.15) is 5.56 Å². The van der Waals surface area contributed by atoms with E-state index >= 15 is 0 Å². The zero-order valence-corrected chi connectivity index (χ0v) is 18.1. The van der Waals surface area contributed by atoms with Gasteiger partial charge in [-0.05, 0) is 55.0 Å². The van der Waals surface area contributed by atoms with E-state index in [9.17, 15) is 8.42 Å². The monoisotopic (exact) mass is 432 g/mol. The summed E-state index contributed by atoms with van der Waals surface area (Å²) < 4.78 is 35.9. The molecule has 2 aromatic carbocycles. The van der Waals surface area contributed by atoms with Crippen LogP contribution >= 0.6 is 0 Å². The Morgan fingerprint density at radius 3 is 2.35 bits per heavy atom. The molecule has 3 aromatic heterocycles. The van der Waals surface area contributed by atoms with E-state index in [4.69, 9.17) is 4.74 Å². The molecule has 3 heterocycles. The van der Waals surface area contributed by atoms with E-state index in [0.29, 0.717) is 17.1 Å². The van der Waals surface area contributed by atoms with Gasteiger partial charge in [0.25, 0.3) is 10.0 Å². The summed E-state index contributed by atoms with van der Waals surface area (Å²) >= 11 is 0. The minimum atomic E-state index is -3.90. The number of hydrogen-bond acceptors (Lipinski definition) is 5. The molecule has 0 N–H and O–H groups in total. The highest BCUT2D eigenvalue weighted by molar-refractivity contribution is 7.90. The standard InChI is InChI=1S/C23H20N4O3S/c1-15-4-10-19(11-5-15)31(28,29)27-21(16-6-8-18(30-3)9-7-16)12-20-22-17(13-24-23(20)27)14-25-26(22)2/h4-14H,1-3H3. The van der Waals surface area contributed by atoms with Gasteiger partial charge in [-0.3, -0.25) is 4.68 Å². The van der Waals surface area contributed by atoms with E-state index in [1.54, 1.807) is 48.5 Å². The summed E-state index contributed by atoms with van der Waals surface area (Å²) in [5, 5.41) is 5.88. The van der Waals surface area contributed by atoms with Crippen LogP contribution in [0.5, 0.6) is 5.75 Å². The van der Waals surface area contributed by atoms with Gasteiger partial charge in [-0.25, -0.2) is 17.4 Å². The zero-order chi connectivity index (χ0) is 21.8. The predicted molar refractivity (Wildman–Crippen MR) is 120 cm³/mol. The molecule has 156 valence electrons. The Hall–Kier alpha value is -3.65. The summed E-state index contributed by atoms with van der Waals surface area (Å²) in [7, 11) is -0.477. The Morgan fingerprint density at radius 2 is 1.68 bits per heavy atom. The van der Waals surface area contributed by atoms with E-state index in [1.807, 2.05) is 44.3 Å². The average Bonchev–Trinajstić information content (AvgIpc) is 3.35. The van der Waals surface area contributed by atoms with E-state index in [0.717, 1.165) is 27.4 Å². The van der Waals surface area contributed by atoms with Crippen molar-refractivity contribution in [2.45, 2.75) is 11.8 Å². The Kier molecular flexibility index (Phi) is 4.33. The van der Waals surface area contributed by atoms with Gasteiger partial charge in [0, 0.05) is 24.0 Å². The van der Waals surface area contributed by atoms with Crippen molar-refractivity contribution in [1.29, 1.82) is 0 Å². The molecule has 0 aliphatic rings. The topological polar surface area (TPSA) is 79.0 Å². The first-order valence-electron chi connectivity index (χ1n) is 9.69. The Balaban J connectivity index is 1.87. The third-order valence-electron chi connectivity index (χ3n) is 5.43. The summed E-state index contributed by atoms with van der Waals surface area (Å²) in [6.07, 6.45) is 3.38. The van der Waals surface area contributed by atoms with Crippen molar-refractivity contribution in [2.75, 3.05) is 7.11 Å².